The van der Waals surface area contributed by atoms with Crippen molar-refractivity contribution in [2.75, 3.05) is 13.2 Å². The summed E-state index contributed by atoms with van der Waals surface area (Å²) in [5.74, 6) is 0.216. The number of quaternary nitrogens is 1. The normalized spacial score (nSPS) is 12.9. The van der Waals surface area contributed by atoms with Crippen LogP contribution in [0.3, 0.4) is 0 Å². The molecule has 0 aromatic heterocycles. The van der Waals surface area contributed by atoms with E-state index in [1.807, 2.05) is 51.1 Å². The van der Waals surface area contributed by atoms with Gasteiger partial charge in [-0.3, -0.25) is 4.79 Å². The van der Waals surface area contributed by atoms with Gasteiger partial charge < -0.3 is 22.5 Å². The SMILES string of the molecule is CCOC(c1ccccc1)C(C)[NH2+]CCC(=O)c1ccc(C)cc1C.[Cl-]. The van der Waals surface area contributed by atoms with E-state index in [9.17, 15) is 4.79 Å². The first kappa shape index (κ1) is 22.4. The lowest BCUT2D eigenvalue weighted by Crippen LogP contribution is -3.00. The molecule has 0 amide bonds. The molecule has 0 aliphatic heterocycles. The van der Waals surface area contributed by atoms with Crippen LogP contribution in [0, 0.1) is 13.8 Å². The van der Waals surface area contributed by atoms with E-state index >= 15 is 0 Å². The molecule has 2 unspecified atom stereocenters. The Balaban J connectivity index is 0.00000338. The van der Waals surface area contributed by atoms with Crippen molar-refractivity contribution >= 4 is 5.78 Å². The lowest BCUT2D eigenvalue weighted by molar-refractivity contribution is -0.693. The van der Waals surface area contributed by atoms with E-state index in [-0.39, 0.29) is 30.3 Å². The second-order valence-electron chi connectivity index (χ2n) is 6.66. The average molecular weight is 376 g/mol. The number of halogens is 1. The zero-order valence-electron chi connectivity index (χ0n) is 16.2. The van der Waals surface area contributed by atoms with Crippen LogP contribution < -0.4 is 17.7 Å². The smallest absolute Gasteiger partial charge is 0.168 e. The Hall–Kier alpha value is -1.68. The molecule has 3 nitrogen and oxygen atoms in total. The summed E-state index contributed by atoms with van der Waals surface area (Å²) >= 11 is 0. The molecule has 4 heteroatoms. The van der Waals surface area contributed by atoms with E-state index in [0.29, 0.717) is 13.0 Å². The number of carbonyl (C=O) groups excluding carboxylic acids is 1. The first-order valence-corrected chi connectivity index (χ1v) is 9.13. The monoisotopic (exact) mass is 375 g/mol. The summed E-state index contributed by atoms with van der Waals surface area (Å²) in [6.45, 7) is 9.69. The Morgan fingerprint density at radius 3 is 2.42 bits per heavy atom. The van der Waals surface area contributed by atoms with Crippen LogP contribution in [0.1, 0.15) is 53.4 Å². The second-order valence-corrected chi connectivity index (χ2v) is 6.66. The topological polar surface area (TPSA) is 42.9 Å². The van der Waals surface area contributed by atoms with E-state index in [4.69, 9.17) is 4.74 Å². The predicted molar refractivity (Wildman–Crippen MR) is 102 cm³/mol. The molecular weight excluding hydrogens is 346 g/mol. The van der Waals surface area contributed by atoms with Gasteiger partial charge >= 0.3 is 0 Å². The van der Waals surface area contributed by atoms with Crippen LogP contribution in [-0.4, -0.2) is 25.0 Å². The van der Waals surface area contributed by atoms with E-state index in [0.717, 1.165) is 17.7 Å². The number of hydrogen-bond acceptors (Lipinski definition) is 2. The predicted octanol–water partition coefficient (Wildman–Crippen LogP) is 0.610. The van der Waals surface area contributed by atoms with Gasteiger partial charge in [-0.15, -0.1) is 0 Å². The number of carbonyl (C=O) groups is 1. The molecule has 2 rings (SSSR count). The molecular formula is C22H30ClNO2. The van der Waals surface area contributed by atoms with Crippen LogP contribution in [0.4, 0.5) is 0 Å². The van der Waals surface area contributed by atoms with Gasteiger partial charge in [0.15, 0.2) is 5.78 Å². The van der Waals surface area contributed by atoms with Crippen molar-refractivity contribution in [1.29, 1.82) is 0 Å². The molecule has 0 spiro atoms. The van der Waals surface area contributed by atoms with Crippen molar-refractivity contribution in [3.8, 4) is 0 Å². The minimum Gasteiger partial charge on any atom is -1.00 e. The van der Waals surface area contributed by atoms with Crippen molar-refractivity contribution < 1.29 is 27.3 Å². The highest BCUT2D eigenvalue weighted by Gasteiger charge is 2.22. The third kappa shape index (κ3) is 6.24. The minimum atomic E-state index is 0. The summed E-state index contributed by atoms with van der Waals surface area (Å²) in [5, 5.41) is 2.22. The Morgan fingerprint density at radius 1 is 1.12 bits per heavy atom. The lowest BCUT2D eigenvalue weighted by Gasteiger charge is -2.22. The highest BCUT2D eigenvalue weighted by Crippen LogP contribution is 2.19. The van der Waals surface area contributed by atoms with E-state index in [2.05, 4.69) is 30.4 Å². The Morgan fingerprint density at radius 2 is 1.81 bits per heavy atom. The quantitative estimate of drug-likeness (QED) is 0.653. The number of ether oxygens (including phenoxy) is 1. The summed E-state index contributed by atoms with van der Waals surface area (Å²) in [4.78, 5) is 12.5. The number of Topliss-reactive ketones (excluding diaryl/α,β-unsaturated/α-hetero) is 1. The third-order valence-electron chi connectivity index (χ3n) is 4.54. The summed E-state index contributed by atoms with van der Waals surface area (Å²) in [6.07, 6.45) is 0.587. The molecule has 0 saturated carbocycles. The van der Waals surface area contributed by atoms with Crippen molar-refractivity contribution in [2.45, 2.75) is 46.3 Å². The van der Waals surface area contributed by atoms with Crippen molar-refractivity contribution in [1.82, 2.24) is 0 Å². The molecule has 2 N–H and O–H groups in total. The maximum absolute atomic E-state index is 12.5. The first-order valence-electron chi connectivity index (χ1n) is 9.13. The molecule has 0 radical (unpaired) electrons. The standard InChI is InChI=1S/C22H29NO2.ClH/c1-5-25-22(19-9-7-6-8-10-19)18(4)23-14-13-21(24)20-12-11-16(2)15-17(20)3;/h6-12,15,18,22-23H,5,13-14H2,1-4H3;1H. The van der Waals surface area contributed by atoms with Crippen LogP contribution in [0.5, 0.6) is 0 Å². The first-order chi connectivity index (χ1) is 12.0. The molecule has 26 heavy (non-hydrogen) atoms. The molecule has 0 aliphatic carbocycles. The van der Waals surface area contributed by atoms with Gasteiger partial charge in [0.05, 0.1) is 13.0 Å². The number of rotatable bonds is 9. The molecule has 142 valence electrons. The zero-order chi connectivity index (χ0) is 18.2. The van der Waals surface area contributed by atoms with Gasteiger partial charge in [-0.2, -0.15) is 0 Å². The summed E-state index contributed by atoms with van der Waals surface area (Å²) in [6, 6.07) is 16.6. The maximum Gasteiger partial charge on any atom is 0.168 e. The molecule has 2 atom stereocenters. The van der Waals surface area contributed by atoms with Crippen LogP contribution in [-0.2, 0) is 4.74 Å². The van der Waals surface area contributed by atoms with Gasteiger partial charge in [-0.05, 0) is 38.8 Å². The second kappa shape index (κ2) is 11.1. The van der Waals surface area contributed by atoms with Crippen molar-refractivity contribution in [3.63, 3.8) is 0 Å². The van der Waals surface area contributed by atoms with Gasteiger partial charge in [-0.25, -0.2) is 0 Å². The third-order valence-corrected chi connectivity index (χ3v) is 4.54. The van der Waals surface area contributed by atoms with Crippen LogP contribution in [0.15, 0.2) is 48.5 Å². The minimum absolute atomic E-state index is 0. The zero-order valence-corrected chi connectivity index (χ0v) is 16.9. The van der Waals surface area contributed by atoms with Gasteiger partial charge in [0.1, 0.15) is 12.1 Å². The molecule has 2 aromatic carbocycles. The lowest BCUT2D eigenvalue weighted by atomic mass is 10.00. The van der Waals surface area contributed by atoms with Crippen LogP contribution in [0.25, 0.3) is 0 Å². The van der Waals surface area contributed by atoms with Crippen LogP contribution >= 0.6 is 0 Å². The van der Waals surface area contributed by atoms with Gasteiger partial charge in [0.2, 0.25) is 0 Å². The van der Waals surface area contributed by atoms with Gasteiger partial charge in [0, 0.05) is 12.2 Å². The average Bonchev–Trinajstić information content (AvgIpc) is 2.60. The van der Waals surface area contributed by atoms with E-state index < -0.39 is 0 Å². The Labute approximate surface area is 163 Å². The Kier molecular flexibility index (Phi) is 9.57. The molecule has 2 aromatic rings. The number of hydrogen-bond donors (Lipinski definition) is 1. The maximum atomic E-state index is 12.5. The number of ketones is 1. The summed E-state index contributed by atoms with van der Waals surface area (Å²) in [5.41, 5.74) is 4.29. The van der Waals surface area contributed by atoms with Gasteiger partial charge in [0.25, 0.3) is 0 Å². The molecule has 0 heterocycles. The fraction of sp³-hybridized carbons (Fsp3) is 0.409. The van der Waals surface area contributed by atoms with E-state index in [1.165, 1.54) is 11.1 Å². The number of benzene rings is 2. The fourth-order valence-electron chi connectivity index (χ4n) is 3.24. The molecule has 0 bridgehead atoms. The van der Waals surface area contributed by atoms with E-state index in [1.54, 1.807) is 0 Å². The van der Waals surface area contributed by atoms with Crippen LogP contribution in [0.2, 0.25) is 0 Å². The number of nitrogens with two attached hydrogens (primary N) is 1. The van der Waals surface area contributed by atoms with Crippen molar-refractivity contribution in [2.24, 2.45) is 0 Å². The summed E-state index contributed by atoms with van der Waals surface area (Å²) < 4.78 is 5.95. The fourth-order valence-corrected chi connectivity index (χ4v) is 3.24. The Bertz CT molecular complexity index is 688. The largest absolute Gasteiger partial charge is 1.00 e. The highest BCUT2D eigenvalue weighted by atomic mass is 35.5. The molecule has 0 fully saturated rings. The highest BCUT2D eigenvalue weighted by molar-refractivity contribution is 5.97. The van der Waals surface area contributed by atoms with Gasteiger partial charge in [-0.1, -0.05) is 54.1 Å². The number of aryl methyl sites for hydroxylation is 2. The molecule has 0 aliphatic rings. The van der Waals surface area contributed by atoms with Crippen molar-refractivity contribution in [3.05, 3.63) is 70.8 Å². The molecule has 0 saturated heterocycles. The summed E-state index contributed by atoms with van der Waals surface area (Å²) in [7, 11) is 0.